The molecule has 0 heteroatoms. The number of benzene rings is 8. The minimum absolute atomic E-state index is 0.376. The van der Waals surface area contributed by atoms with E-state index in [9.17, 15) is 0 Å². The molecule has 0 amide bonds. The fourth-order valence-electron chi connectivity index (χ4n) is 9.27. The van der Waals surface area contributed by atoms with Crippen LogP contribution in [0.15, 0.2) is 170 Å². The van der Waals surface area contributed by atoms with Gasteiger partial charge in [0.05, 0.1) is 5.41 Å². The predicted octanol–water partition coefficient (Wildman–Crippen LogP) is 12.2. The van der Waals surface area contributed by atoms with E-state index in [1.807, 2.05) is 0 Å². The zero-order chi connectivity index (χ0) is 30.7. The van der Waals surface area contributed by atoms with Gasteiger partial charge in [-0.3, -0.25) is 0 Å². The van der Waals surface area contributed by atoms with Crippen molar-refractivity contribution in [2.24, 2.45) is 0 Å². The molecule has 0 atom stereocenters. The SMILES string of the molecule is c1ccc(-c2cc(-c3ccccc3)c3c(c2)-c2cccc4c5c(cc-3c24)C2(c3ccccc3-c3ccccc32)c2ccccc2-5)cc1. The Kier molecular flexibility index (Phi) is 4.86. The summed E-state index contributed by atoms with van der Waals surface area (Å²) >= 11 is 0. The van der Waals surface area contributed by atoms with Gasteiger partial charge in [-0.1, -0.05) is 152 Å². The molecule has 3 aliphatic carbocycles. The van der Waals surface area contributed by atoms with Crippen molar-refractivity contribution in [2.45, 2.75) is 5.41 Å². The summed E-state index contributed by atoms with van der Waals surface area (Å²) in [6, 6.07) is 63.6. The maximum Gasteiger partial charge on any atom is 0.0725 e. The molecule has 216 valence electrons. The van der Waals surface area contributed by atoms with Gasteiger partial charge in [0.2, 0.25) is 0 Å². The first kappa shape index (κ1) is 25.2. The average molecular weight is 593 g/mol. The third kappa shape index (κ3) is 3.08. The first-order valence-corrected chi connectivity index (χ1v) is 16.5. The monoisotopic (exact) mass is 592 g/mol. The number of hydrogen-bond acceptors (Lipinski definition) is 0. The van der Waals surface area contributed by atoms with Gasteiger partial charge in [-0.2, -0.15) is 0 Å². The van der Waals surface area contributed by atoms with E-state index in [4.69, 9.17) is 0 Å². The highest BCUT2D eigenvalue weighted by Gasteiger charge is 2.52. The Hall–Kier alpha value is -5.98. The van der Waals surface area contributed by atoms with Crippen molar-refractivity contribution in [1.29, 1.82) is 0 Å². The van der Waals surface area contributed by atoms with Crippen molar-refractivity contribution in [1.82, 2.24) is 0 Å². The summed E-state index contributed by atoms with van der Waals surface area (Å²) in [6.45, 7) is 0. The Morgan fingerprint density at radius 2 is 0.809 bits per heavy atom. The Morgan fingerprint density at radius 3 is 1.49 bits per heavy atom. The quantitative estimate of drug-likeness (QED) is 0.187. The summed E-state index contributed by atoms with van der Waals surface area (Å²) in [7, 11) is 0. The number of rotatable bonds is 2. The molecule has 0 radical (unpaired) electrons. The highest BCUT2D eigenvalue weighted by molar-refractivity contribution is 6.23. The lowest BCUT2D eigenvalue weighted by molar-refractivity contribution is 0.795. The Balaban J connectivity index is 1.31. The second-order valence-corrected chi connectivity index (χ2v) is 13.1. The van der Waals surface area contributed by atoms with Crippen molar-refractivity contribution in [3.05, 3.63) is 192 Å². The van der Waals surface area contributed by atoms with E-state index in [0.29, 0.717) is 0 Å². The fourth-order valence-corrected chi connectivity index (χ4v) is 9.27. The van der Waals surface area contributed by atoms with Gasteiger partial charge in [0, 0.05) is 0 Å². The molecule has 0 heterocycles. The minimum Gasteiger partial charge on any atom is -0.0622 e. The highest BCUT2D eigenvalue weighted by Crippen LogP contribution is 2.66. The van der Waals surface area contributed by atoms with Gasteiger partial charge in [0.1, 0.15) is 0 Å². The molecule has 1 spiro atoms. The number of fused-ring (bicyclic) bond motifs is 14. The zero-order valence-corrected chi connectivity index (χ0v) is 25.7. The van der Waals surface area contributed by atoms with Crippen molar-refractivity contribution >= 4 is 10.8 Å². The molecule has 11 rings (SSSR count). The summed E-state index contributed by atoms with van der Waals surface area (Å²) in [5.41, 5.74) is 21.0. The van der Waals surface area contributed by atoms with E-state index >= 15 is 0 Å². The van der Waals surface area contributed by atoms with Crippen LogP contribution in [-0.4, -0.2) is 0 Å². The van der Waals surface area contributed by atoms with Gasteiger partial charge >= 0.3 is 0 Å². The molecule has 0 unspecified atom stereocenters. The minimum atomic E-state index is -0.376. The van der Waals surface area contributed by atoms with Crippen molar-refractivity contribution in [3.63, 3.8) is 0 Å². The van der Waals surface area contributed by atoms with E-state index in [1.54, 1.807) is 0 Å². The van der Waals surface area contributed by atoms with Crippen molar-refractivity contribution in [2.75, 3.05) is 0 Å². The zero-order valence-electron chi connectivity index (χ0n) is 25.7. The van der Waals surface area contributed by atoms with Crippen molar-refractivity contribution < 1.29 is 0 Å². The lowest BCUT2D eigenvalue weighted by atomic mass is 9.70. The highest BCUT2D eigenvalue weighted by atomic mass is 14.5. The first-order valence-electron chi connectivity index (χ1n) is 16.5. The molecule has 8 aromatic rings. The van der Waals surface area contributed by atoms with Crippen LogP contribution in [-0.2, 0) is 5.41 Å². The molecular formula is C47H28. The molecule has 3 aliphatic rings. The average Bonchev–Trinajstić information content (AvgIpc) is 3.75. The third-order valence-electron chi connectivity index (χ3n) is 11.0. The smallest absolute Gasteiger partial charge is 0.0622 e. The van der Waals surface area contributed by atoms with Gasteiger partial charge in [0.25, 0.3) is 0 Å². The van der Waals surface area contributed by atoms with Crippen LogP contribution in [0.4, 0.5) is 0 Å². The molecule has 0 aromatic heterocycles. The largest absolute Gasteiger partial charge is 0.0725 e. The van der Waals surface area contributed by atoms with Crippen LogP contribution >= 0.6 is 0 Å². The molecule has 47 heavy (non-hydrogen) atoms. The van der Waals surface area contributed by atoms with Crippen LogP contribution in [0.25, 0.3) is 77.5 Å². The molecule has 0 fully saturated rings. The lowest BCUT2D eigenvalue weighted by Gasteiger charge is -2.31. The standard InChI is InChI=1S/C47H28/c1-3-14-29(15-4-1)31-26-37(30-16-5-2-6-17-30)45-38(27-31)34-21-13-22-36-44(34)39(45)28-43-46(36)35-20-9-12-25-42(35)47(43)40-23-10-7-18-32(40)33-19-8-11-24-41(33)47/h1-28H. The van der Waals surface area contributed by atoms with Gasteiger partial charge in [-0.25, -0.2) is 0 Å². The second kappa shape index (κ2) is 9.06. The van der Waals surface area contributed by atoms with Crippen LogP contribution in [0.5, 0.6) is 0 Å². The Labute approximate surface area is 274 Å². The van der Waals surface area contributed by atoms with Crippen LogP contribution < -0.4 is 0 Å². The van der Waals surface area contributed by atoms with Crippen LogP contribution in [0.3, 0.4) is 0 Å². The summed E-state index contributed by atoms with van der Waals surface area (Å²) in [5, 5.41) is 2.72. The molecule has 0 nitrogen and oxygen atoms in total. The molecule has 0 aliphatic heterocycles. The van der Waals surface area contributed by atoms with Crippen molar-refractivity contribution in [3.8, 4) is 66.8 Å². The third-order valence-corrected chi connectivity index (χ3v) is 11.0. The van der Waals surface area contributed by atoms with Gasteiger partial charge in [-0.15, -0.1) is 0 Å². The molecule has 0 saturated carbocycles. The molecule has 8 aromatic carbocycles. The molecular weight excluding hydrogens is 565 g/mol. The van der Waals surface area contributed by atoms with Crippen LogP contribution in [0.1, 0.15) is 22.3 Å². The van der Waals surface area contributed by atoms with E-state index in [1.165, 1.54) is 99.8 Å². The maximum absolute atomic E-state index is 2.58. The summed E-state index contributed by atoms with van der Waals surface area (Å²) < 4.78 is 0. The topological polar surface area (TPSA) is 0 Å². The predicted molar refractivity (Wildman–Crippen MR) is 196 cm³/mol. The number of hydrogen-bond donors (Lipinski definition) is 0. The van der Waals surface area contributed by atoms with Crippen LogP contribution in [0.2, 0.25) is 0 Å². The molecule has 0 N–H and O–H groups in total. The summed E-state index contributed by atoms with van der Waals surface area (Å²) in [5.74, 6) is 0. The maximum atomic E-state index is 2.58. The Morgan fingerprint density at radius 1 is 0.277 bits per heavy atom. The first-order chi connectivity index (χ1) is 23.3. The summed E-state index contributed by atoms with van der Waals surface area (Å²) in [4.78, 5) is 0. The van der Waals surface area contributed by atoms with Gasteiger partial charge in [-0.05, 0) is 118 Å². The van der Waals surface area contributed by atoms with E-state index < -0.39 is 0 Å². The second-order valence-electron chi connectivity index (χ2n) is 13.1. The van der Waals surface area contributed by atoms with E-state index in [0.717, 1.165) is 0 Å². The van der Waals surface area contributed by atoms with Gasteiger partial charge < -0.3 is 0 Å². The van der Waals surface area contributed by atoms with Crippen LogP contribution in [0, 0.1) is 0 Å². The molecule has 0 saturated heterocycles. The summed E-state index contributed by atoms with van der Waals surface area (Å²) in [6.07, 6.45) is 0. The van der Waals surface area contributed by atoms with E-state index in [2.05, 4.69) is 170 Å². The van der Waals surface area contributed by atoms with E-state index in [-0.39, 0.29) is 5.41 Å². The fraction of sp³-hybridized carbons (Fsp3) is 0.0213. The molecule has 0 bridgehead atoms. The van der Waals surface area contributed by atoms with Gasteiger partial charge in [0.15, 0.2) is 0 Å². The Bertz CT molecular complexity index is 2560. The lowest BCUT2D eigenvalue weighted by Crippen LogP contribution is -2.25. The normalized spacial score (nSPS) is 13.7.